The smallest absolute Gasteiger partial charge is 0.212 e. The molecule has 0 aliphatic carbocycles. The van der Waals surface area contributed by atoms with Gasteiger partial charge in [-0.3, -0.25) is 0 Å². The summed E-state index contributed by atoms with van der Waals surface area (Å²) >= 11 is 0. The second kappa shape index (κ2) is 3.11. The third-order valence-corrected chi connectivity index (χ3v) is 4.20. The zero-order valence-electron chi connectivity index (χ0n) is 7.08. The van der Waals surface area contributed by atoms with E-state index in [0.717, 1.165) is 12.8 Å². The standard InChI is InChI=1S/C7H15NO2S/c1-3-7-4-5-11(9,10)8(2)6-7/h7H,3-6H2,1-2H3/t7-/m0/s1. The number of rotatable bonds is 1. The van der Waals surface area contributed by atoms with Crippen molar-refractivity contribution in [3.63, 3.8) is 0 Å². The Kier molecular flexibility index (Phi) is 2.54. The molecule has 1 heterocycles. The molecule has 1 aliphatic rings. The van der Waals surface area contributed by atoms with Gasteiger partial charge in [0.05, 0.1) is 5.75 Å². The van der Waals surface area contributed by atoms with Crippen LogP contribution in [0.3, 0.4) is 0 Å². The quantitative estimate of drug-likeness (QED) is 0.590. The van der Waals surface area contributed by atoms with Crippen LogP contribution in [0, 0.1) is 5.92 Å². The summed E-state index contributed by atoms with van der Waals surface area (Å²) in [5.41, 5.74) is 0. The van der Waals surface area contributed by atoms with Crippen LogP contribution in [0.2, 0.25) is 0 Å². The van der Waals surface area contributed by atoms with Crippen LogP contribution in [-0.4, -0.2) is 32.1 Å². The normalized spacial score (nSPS) is 32.0. The van der Waals surface area contributed by atoms with E-state index >= 15 is 0 Å². The van der Waals surface area contributed by atoms with Crippen LogP contribution in [0.25, 0.3) is 0 Å². The van der Waals surface area contributed by atoms with Crippen molar-refractivity contribution in [2.75, 3.05) is 19.3 Å². The van der Waals surface area contributed by atoms with Gasteiger partial charge in [0.25, 0.3) is 0 Å². The van der Waals surface area contributed by atoms with E-state index in [2.05, 4.69) is 6.92 Å². The van der Waals surface area contributed by atoms with Crippen molar-refractivity contribution in [1.82, 2.24) is 4.31 Å². The number of nitrogens with zero attached hydrogens (tertiary/aromatic N) is 1. The van der Waals surface area contributed by atoms with E-state index in [1.54, 1.807) is 7.05 Å². The van der Waals surface area contributed by atoms with Crippen LogP contribution >= 0.6 is 0 Å². The number of hydrogen-bond donors (Lipinski definition) is 0. The Labute approximate surface area is 68.4 Å². The van der Waals surface area contributed by atoms with E-state index in [0.29, 0.717) is 18.2 Å². The fourth-order valence-corrected chi connectivity index (χ4v) is 2.75. The van der Waals surface area contributed by atoms with E-state index in [1.165, 1.54) is 4.31 Å². The van der Waals surface area contributed by atoms with Gasteiger partial charge in [0.1, 0.15) is 0 Å². The lowest BCUT2D eigenvalue weighted by molar-refractivity contribution is 0.340. The summed E-state index contributed by atoms with van der Waals surface area (Å²) < 4.78 is 23.8. The van der Waals surface area contributed by atoms with Gasteiger partial charge in [-0.05, 0) is 12.3 Å². The van der Waals surface area contributed by atoms with Gasteiger partial charge in [-0.15, -0.1) is 0 Å². The maximum Gasteiger partial charge on any atom is 0.213 e. The molecular formula is C7H15NO2S. The monoisotopic (exact) mass is 177 g/mol. The summed E-state index contributed by atoms with van der Waals surface area (Å²) in [5.74, 6) is 0.908. The van der Waals surface area contributed by atoms with Crippen molar-refractivity contribution < 1.29 is 8.42 Å². The van der Waals surface area contributed by atoms with Crippen LogP contribution in [0.4, 0.5) is 0 Å². The zero-order chi connectivity index (χ0) is 8.48. The van der Waals surface area contributed by atoms with Crippen molar-refractivity contribution in [1.29, 1.82) is 0 Å². The number of hydrogen-bond acceptors (Lipinski definition) is 2. The molecule has 1 rings (SSSR count). The maximum absolute atomic E-state index is 11.2. The first-order valence-electron chi connectivity index (χ1n) is 4.00. The molecule has 0 spiro atoms. The van der Waals surface area contributed by atoms with Gasteiger partial charge in [-0.1, -0.05) is 13.3 Å². The second-order valence-corrected chi connectivity index (χ2v) is 5.35. The molecule has 0 aromatic carbocycles. The molecule has 1 aliphatic heterocycles. The van der Waals surface area contributed by atoms with E-state index < -0.39 is 10.0 Å². The van der Waals surface area contributed by atoms with Gasteiger partial charge >= 0.3 is 0 Å². The van der Waals surface area contributed by atoms with Gasteiger partial charge in [0.15, 0.2) is 0 Å². The highest BCUT2D eigenvalue weighted by Gasteiger charge is 2.27. The third kappa shape index (κ3) is 1.93. The minimum atomic E-state index is -2.87. The van der Waals surface area contributed by atoms with Gasteiger partial charge in [-0.25, -0.2) is 12.7 Å². The van der Waals surface area contributed by atoms with Crippen LogP contribution in [0.15, 0.2) is 0 Å². The Hall–Kier alpha value is -0.0900. The Morgan fingerprint density at radius 1 is 1.55 bits per heavy atom. The first-order valence-corrected chi connectivity index (χ1v) is 5.61. The summed E-state index contributed by atoms with van der Waals surface area (Å²) in [7, 11) is -1.21. The lowest BCUT2D eigenvalue weighted by Crippen LogP contribution is -2.39. The summed E-state index contributed by atoms with van der Waals surface area (Å²) in [5, 5.41) is 0. The Bertz CT molecular complexity index is 223. The minimum absolute atomic E-state index is 0.335. The van der Waals surface area contributed by atoms with Crippen LogP contribution in [0.5, 0.6) is 0 Å². The van der Waals surface area contributed by atoms with E-state index in [4.69, 9.17) is 0 Å². The molecule has 4 heteroatoms. The highest BCUT2D eigenvalue weighted by molar-refractivity contribution is 7.89. The average molecular weight is 177 g/mol. The van der Waals surface area contributed by atoms with Gasteiger partial charge in [0.2, 0.25) is 10.0 Å². The molecule has 0 amide bonds. The molecule has 1 atom stereocenters. The molecule has 0 N–H and O–H groups in total. The predicted molar refractivity (Wildman–Crippen MR) is 44.8 cm³/mol. The third-order valence-electron chi connectivity index (χ3n) is 2.35. The van der Waals surface area contributed by atoms with Crippen molar-refractivity contribution >= 4 is 10.0 Å². The largest absolute Gasteiger partial charge is 0.213 e. The van der Waals surface area contributed by atoms with Crippen LogP contribution < -0.4 is 0 Å². The molecular weight excluding hydrogens is 162 g/mol. The van der Waals surface area contributed by atoms with Crippen LogP contribution in [-0.2, 0) is 10.0 Å². The minimum Gasteiger partial charge on any atom is -0.212 e. The Morgan fingerprint density at radius 3 is 2.64 bits per heavy atom. The van der Waals surface area contributed by atoms with Gasteiger partial charge < -0.3 is 0 Å². The summed E-state index contributed by atoms with van der Waals surface area (Å²) in [6, 6.07) is 0. The van der Waals surface area contributed by atoms with E-state index in [9.17, 15) is 8.42 Å². The molecule has 0 radical (unpaired) electrons. The molecule has 0 bridgehead atoms. The lowest BCUT2D eigenvalue weighted by atomic mass is 10.0. The molecule has 0 aromatic heterocycles. The second-order valence-electron chi connectivity index (χ2n) is 3.16. The lowest BCUT2D eigenvalue weighted by Gasteiger charge is -2.28. The van der Waals surface area contributed by atoms with Crippen LogP contribution in [0.1, 0.15) is 19.8 Å². The highest BCUT2D eigenvalue weighted by atomic mass is 32.2. The first-order chi connectivity index (χ1) is 5.06. The van der Waals surface area contributed by atoms with Gasteiger partial charge in [0, 0.05) is 13.6 Å². The van der Waals surface area contributed by atoms with E-state index in [-0.39, 0.29) is 0 Å². The van der Waals surface area contributed by atoms with Crippen molar-refractivity contribution in [3.8, 4) is 0 Å². The fraction of sp³-hybridized carbons (Fsp3) is 1.00. The summed E-state index contributed by atoms with van der Waals surface area (Å²) in [6.07, 6.45) is 1.92. The average Bonchev–Trinajstić information content (AvgIpc) is 1.95. The fourth-order valence-electron chi connectivity index (χ4n) is 1.37. The maximum atomic E-state index is 11.2. The molecule has 0 unspecified atom stereocenters. The Morgan fingerprint density at radius 2 is 2.18 bits per heavy atom. The van der Waals surface area contributed by atoms with Crippen molar-refractivity contribution in [2.24, 2.45) is 5.92 Å². The molecule has 3 nitrogen and oxygen atoms in total. The van der Waals surface area contributed by atoms with E-state index in [1.807, 2.05) is 0 Å². The molecule has 0 saturated carbocycles. The predicted octanol–water partition coefficient (Wildman–Crippen LogP) is 0.678. The molecule has 0 aromatic rings. The highest BCUT2D eigenvalue weighted by Crippen LogP contribution is 2.19. The molecule has 11 heavy (non-hydrogen) atoms. The topological polar surface area (TPSA) is 37.4 Å². The van der Waals surface area contributed by atoms with Crippen molar-refractivity contribution in [2.45, 2.75) is 19.8 Å². The first kappa shape index (κ1) is 9.00. The zero-order valence-corrected chi connectivity index (χ0v) is 7.89. The Balaban J connectivity index is 2.62. The van der Waals surface area contributed by atoms with Crippen molar-refractivity contribution in [3.05, 3.63) is 0 Å². The summed E-state index contributed by atoms with van der Waals surface area (Å²) in [6.45, 7) is 2.81. The molecule has 66 valence electrons. The number of sulfonamides is 1. The molecule has 1 saturated heterocycles. The molecule has 1 fully saturated rings. The SMILES string of the molecule is CC[C@H]1CCS(=O)(=O)N(C)C1. The summed E-state index contributed by atoms with van der Waals surface area (Å²) in [4.78, 5) is 0. The van der Waals surface area contributed by atoms with Gasteiger partial charge in [-0.2, -0.15) is 0 Å².